The molecule has 1 aromatic heterocycles. The van der Waals surface area contributed by atoms with Crippen molar-refractivity contribution in [1.29, 1.82) is 5.26 Å². The Morgan fingerprint density at radius 1 is 1.62 bits per heavy atom. The van der Waals surface area contributed by atoms with Gasteiger partial charge in [-0.2, -0.15) is 5.26 Å². The van der Waals surface area contributed by atoms with Gasteiger partial charge in [0.05, 0.1) is 5.56 Å². The van der Waals surface area contributed by atoms with E-state index in [1.54, 1.807) is 6.07 Å². The van der Waals surface area contributed by atoms with Crippen LogP contribution in [0.15, 0.2) is 12.3 Å². The van der Waals surface area contributed by atoms with Crippen LogP contribution < -0.4 is 0 Å². The highest BCUT2D eigenvalue weighted by molar-refractivity contribution is 9.08. The summed E-state index contributed by atoms with van der Waals surface area (Å²) >= 11 is 3.15. The van der Waals surface area contributed by atoms with E-state index in [1.165, 1.54) is 12.3 Å². The van der Waals surface area contributed by atoms with E-state index in [9.17, 15) is 8.78 Å². The second-order valence-electron chi connectivity index (χ2n) is 2.32. The first-order chi connectivity index (χ1) is 6.19. The molecule has 0 spiro atoms. The lowest BCUT2D eigenvalue weighted by molar-refractivity contribution is 0.145. The van der Waals surface area contributed by atoms with Gasteiger partial charge in [-0.1, -0.05) is 15.9 Å². The van der Waals surface area contributed by atoms with Gasteiger partial charge in [0, 0.05) is 11.5 Å². The quantitative estimate of drug-likeness (QED) is 0.753. The maximum atomic E-state index is 12.2. The second-order valence-corrected chi connectivity index (χ2v) is 2.88. The van der Waals surface area contributed by atoms with Crippen LogP contribution in [0.2, 0.25) is 0 Å². The summed E-state index contributed by atoms with van der Waals surface area (Å²) in [5.74, 6) is 0. The normalized spacial score (nSPS) is 10.1. The van der Waals surface area contributed by atoms with Gasteiger partial charge in [-0.25, -0.2) is 8.78 Å². The van der Waals surface area contributed by atoms with E-state index in [-0.39, 0.29) is 5.56 Å². The molecule has 0 radical (unpaired) electrons. The summed E-state index contributed by atoms with van der Waals surface area (Å²) in [7, 11) is 0. The van der Waals surface area contributed by atoms with E-state index in [0.717, 1.165) is 0 Å². The molecule has 1 heterocycles. The molecule has 0 unspecified atom stereocenters. The zero-order valence-electron chi connectivity index (χ0n) is 6.47. The molecule has 0 bridgehead atoms. The number of pyridine rings is 1. The maximum absolute atomic E-state index is 12.2. The second kappa shape index (κ2) is 4.28. The molecule has 0 atom stereocenters. The molecule has 1 rings (SSSR count). The van der Waals surface area contributed by atoms with Crippen molar-refractivity contribution in [3.8, 4) is 6.07 Å². The van der Waals surface area contributed by atoms with Crippen molar-refractivity contribution in [1.82, 2.24) is 4.98 Å². The summed E-state index contributed by atoms with van der Waals surface area (Å²) in [5, 5.41) is 9.05. The lowest BCUT2D eigenvalue weighted by Crippen LogP contribution is -1.96. The van der Waals surface area contributed by atoms with Gasteiger partial charge in [-0.15, -0.1) is 0 Å². The van der Waals surface area contributed by atoms with Crippen molar-refractivity contribution in [3.05, 3.63) is 29.1 Å². The predicted molar refractivity (Wildman–Crippen MR) is 46.5 cm³/mol. The first kappa shape index (κ1) is 10.1. The Hall–Kier alpha value is -1.02. The van der Waals surface area contributed by atoms with E-state index in [0.29, 0.717) is 10.9 Å². The van der Waals surface area contributed by atoms with Gasteiger partial charge in [-0.05, 0) is 11.6 Å². The lowest BCUT2D eigenvalue weighted by atomic mass is 10.1. The molecular weight excluding hydrogens is 242 g/mol. The van der Waals surface area contributed by atoms with Gasteiger partial charge in [0.15, 0.2) is 0 Å². The van der Waals surface area contributed by atoms with Crippen molar-refractivity contribution in [2.75, 3.05) is 0 Å². The molecule has 2 nitrogen and oxygen atoms in total. The van der Waals surface area contributed by atoms with Crippen LogP contribution in [0.5, 0.6) is 0 Å². The summed E-state index contributed by atoms with van der Waals surface area (Å²) in [5.41, 5.74) is 0.195. The number of hydrogen-bond donors (Lipinski definition) is 0. The smallest absolute Gasteiger partial charge is 0.254 e. The molecule has 1 aromatic rings. The SMILES string of the molecule is N#Cc1cc(CBr)cnc1C(F)F. The Morgan fingerprint density at radius 2 is 2.31 bits per heavy atom. The fourth-order valence-corrected chi connectivity index (χ4v) is 1.16. The molecule has 0 saturated carbocycles. The molecule has 68 valence electrons. The van der Waals surface area contributed by atoms with E-state index in [4.69, 9.17) is 5.26 Å². The van der Waals surface area contributed by atoms with Crippen LogP contribution in [0.1, 0.15) is 23.2 Å². The van der Waals surface area contributed by atoms with Gasteiger partial charge >= 0.3 is 0 Å². The molecule has 0 fully saturated rings. The van der Waals surface area contributed by atoms with Gasteiger partial charge in [0.2, 0.25) is 0 Å². The van der Waals surface area contributed by atoms with E-state index >= 15 is 0 Å². The minimum absolute atomic E-state index is 0.0630. The highest BCUT2D eigenvalue weighted by Crippen LogP contribution is 2.21. The predicted octanol–water partition coefficient (Wildman–Crippen LogP) is 2.79. The molecule has 0 amide bonds. The Kier molecular flexibility index (Phi) is 3.32. The maximum Gasteiger partial charge on any atom is 0.281 e. The number of rotatable bonds is 2. The summed E-state index contributed by atoms with van der Waals surface area (Å²) in [6.45, 7) is 0. The molecular formula is C8H5BrF2N2. The Morgan fingerprint density at radius 3 is 2.77 bits per heavy atom. The van der Waals surface area contributed by atoms with Crippen LogP contribution in [-0.2, 0) is 5.33 Å². The minimum atomic E-state index is -2.70. The fraction of sp³-hybridized carbons (Fsp3) is 0.250. The Bertz CT molecular complexity index is 346. The van der Waals surface area contributed by atoms with E-state index in [1.807, 2.05) is 0 Å². The van der Waals surface area contributed by atoms with Crippen LogP contribution in [-0.4, -0.2) is 4.98 Å². The third-order valence-corrected chi connectivity index (χ3v) is 2.10. The number of aromatic nitrogens is 1. The van der Waals surface area contributed by atoms with Gasteiger partial charge in [-0.3, -0.25) is 4.98 Å². The molecule has 0 aliphatic heterocycles. The molecule has 13 heavy (non-hydrogen) atoms. The van der Waals surface area contributed by atoms with Gasteiger partial charge in [0.25, 0.3) is 6.43 Å². The summed E-state index contributed by atoms with van der Waals surface area (Å²) in [4.78, 5) is 3.52. The molecule has 0 N–H and O–H groups in total. The average molecular weight is 247 g/mol. The molecule has 5 heteroatoms. The number of alkyl halides is 3. The zero-order chi connectivity index (χ0) is 9.84. The van der Waals surface area contributed by atoms with Gasteiger partial charge < -0.3 is 0 Å². The highest BCUT2D eigenvalue weighted by Gasteiger charge is 2.14. The topological polar surface area (TPSA) is 36.7 Å². The number of nitriles is 1. The standard InChI is InChI=1S/C8H5BrF2N2/c9-2-5-1-6(3-12)7(8(10)11)13-4-5/h1,4,8H,2H2. The Labute approximate surface area is 82.3 Å². The zero-order valence-corrected chi connectivity index (χ0v) is 8.05. The van der Waals surface area contributed by atoms with Crippen LogP contribution in [0.25, 0.3) is 0 Å². The first-order valence-corrected chi connectivity index (χ1v) is 4.54. The van der Waals surface area contributed by atoms with Crippen molar-refractivity contribution in [2.45, 2.75) is 11.8 Å². The first-order valence-electron chi connectivity index (χ1n) is 3.42. The van der Waals surface area contributed by atoms with Crippen LogP contribution >= 0.6 is 15.9 Å². The summed E-state index contributed by atoms with van der Waals surface area (Å²) in [6, 6.07) is 3.09. The van der Waals surface area contributed by atoms with Crippen molar-refractivity contribution in [3.63, 3.8) is 0 Å². The number of halogens is 3. The van der Waals surface area contributed by atoms with Crippen molar-refractivity contribution < 1.29 is 8.78 Å². The van der Waals surface area contributed by atoms with Crippen LogP contribution in [0, 0.1) is 11.3 Å². The Balaban J connectivity index is 3.18. The van der Waals surface area contributed by atoms with E-state index in [2.05, 4.69) is 20.9 Å². The monoisotopic (exact) mass is 246 g/mol. The third-order valence-electron chi connectivity index (χ3n) is 1.46. The number of hydrogen-bond acceptors (Lipinski definition) is 2. The third kappa shape index (κ3) is 2.22. The number of nitrogens with zero attached hydrogens (tertiary/aromatic N) is 2. The summed E-state index contributed by atoms with van der Waals surface area (Å²) < 4.78 is 24.4. The molecule has 0 aromatic carbocycles. The largest absolute Gasteiger partial charge is 0.281 e. The molecule has 0 aliphatic carbocycles. The van der Waals surface area contributed by atoms with E-state index < -0.39 is 12.1 Å². The fourth-order valence-electron chi connectivity index (χ4n) is 0.855. The van der Waals surface area contributed by atoms with Crippen LogP contribution in [0.3, 0.4) is 0 Å². The average Bonchev–Trinajstić information content (AvgIpc) is 2.16. The van der Waals surface area contributed by atoms with Crippen molar-refractivity contribution in [2.24, 2.45) is 0 Å². The van der Waals surface area contributed by atoms with Crippen LogP contribution in [0.4, 0.5) is 8.78 Å². The lowest BCUT2D eigenvalue weighted by Gasteiger charge is -2.02. The molecule has 0 saturated heterocycles. The minimum Gasteiger partial charge on any atom is -0.254 e. The summed E-state index contributed by atoms with van der Waals surface area (Å²) in [6.07, 6.45) is -1.36. The van der Waals surface area contributed by atoms with Gasteiger partial charge in [0.1, 0.15) is 11.8 Å². The molecule has 0 aliphatic rings. The van der Waals surface area contributed by atoms with Crippen molar-refractivity contribution >= 4 is 15.9 Å². The highest BCUT2D eigenvalue weighted by atomic mass is 79.9.